The molecule has 0 saturated carbocycles. The smallest absolute Gasteiger partial charge is 0.273 e. The van der Waals surface area contributed by atoms with E-state index in [0.29, 0.717) is 17.3 Å². The Bertz CT molecular complexity index is 968. The van der Waals surface area contributed by atoms with Crippen LogP contribution in [0.15, 0.2) is 33.9 Å². The van der Waals surface area contributed by atoms with Crippen LogP contribution in [0.4, 0.5) is 0 Å². The highest BCUT2D eigenvalue weighted by atomic mass is 16.5. The summed E-state index contributed by atoms with van der Waals surface area (Å²) in [5, 5.41) is 5.99. The molecule has 0 spiro atoms. The van der Waals surface area contributed by atoms with Gasteiger partial charge in [-0.15, -0.1) is 0 Å². The van der Waals surface area contributed by atoms with Crippen LogP contribution in [0.1, 0.15) is 27.7 Å². The molecule has 28 heavy (non-hydrogen) atoms. The molecule has 1 aliphatic rings. The van der Waals surface area contributed by atoms with E-state index in [4.69, 9.17) is 4.74 Å². The van der Waals surface area contributed by atoms with Crippen molar-refractivity contribution in [2.24, 2.45) is 0 Å². The molecule has 0 radical (unpaired) electrons. The second-order valence-corrected chi connectivity index (χ2v) is 8.13. The summed E-state index contributed by atoms with van der Waals surface area (Å²) >= 11 is 0. The lowest BCUT2D eigenvalue weighted by Gasteiger charge is -2.45. The van der Waals surface area contributed by atoms with Crippen molar-refractivity contribution in [2.75, 3.05) is 19.6 Å². The van der Waals surface area contributed by atoms with Gasteiger partial charge in [0.15, 0.2) is 0 Å². The molecule has 1 aromatic heterocycles. The number of carbonyl (C=O) groups excluding carboxylic acids is 1. The third-order valence-electron chi connectivity index (χ3n) is 5.18. The molecular weight excluding hydrogens is 360 g/mol. The first-order valence-corrected chi connectivity index (χ1v) is 9.56. The highest BCUT2D eigenvalue weighted by Crippen LogP contribution is 2.20. The van der Waals surface area contributed by atoms with Crippen LogP contribution >= 0.6 is 0 Å². The Morgan fingerprint density at radius 3 is 2.43 bits per heavy atom. The largest absolute Gasteiger partial charge is 0.373 e. The van der Waals surface area contributed by atoms with Gasteiger partial charge in [-0.3, -0.25) is 24.4 Å². The van der Waals surface area contributed by atoms with Crippen molar-refractivity contribution in [3.05, 3.63) is 45.0 Å². The molecule has 0 unspecified atom stereocenters. The van der Waals surface area contributed by atoms with Gasteiger partial charge in [-0.1, -0.05) is 12.1 Å². The molecular formula is C20H28N4O4. The highest BCUT2D eigenvalue weighted by molar-refractivity contribution is 5.81. The van der Waals surface area contributed by atoms with Crippen LogP contribution in [-0.4, -0.2) is 58.0 Å². The summed E-state index contributed by atoms with van der Waals surface area (Å²) in [6.45, 7) is 10.0. The maximum absolute atomic E-state index is 12.5. The average molecular weight is 388 g/mol. The quantitative estimate of drug-likeness (QED) is 0.786. The van der Waals surface area contributed by atoms with E-state index in [-0.39, 0.29) is 41.3 Å². The zero-order valence-corrected chi connectivity index (χ0v) is 16.8. The zero-order valence-electron chi connectivity index (χ0n) is 16.8. The number of hydrogen-bond donors (Lipinski definition) is 2. The molecule has 1 aromatic carbocycles. The van der Waals surface area contributed by atoms with Crippen LogP contribution in [0.2, 0.25) is 0 Å². The maximum atomic E-state index is 12.5. The first-order chi connectivity index (χ1) is 13.2. The normalized spacial score (nSPS) is 21.0. The molecule has 2 N–H and O–H groups in total. The van der Waals surface area contributed by atoms with Crippen molar-refractivity contribution in [3.8, 4) is 0 Å². The Morgan fingerprint density at radius 1 is 1.18 bits per heavy atom. The van der Waals surface area contributed by atoms with E-state index in [2.05, 4.69) is 29.2 Å². The van der Waals surface area contributed by atoms with Crippen LogP contribution in [-0.2, 0) is 16.1 Å². The zero-order chi connectivity index (χ0) is 20.5. The van der Waals surface area contributed by atoms with E-state index in [1.54, 1.807) is 24.3 Å². The lowest BCUT2D eigenvalue weighted by molar-refractivity contribution is -0.123. The molecule has 1 fully saturated rings. The number of H-pyrrole nitrogens is 1. The first kappa shape index (κ1) is 20.3. The number of hydrogen-bond acceptors (Lipinski definition) is 5. The molecule has 1 amide bonds. The Balaban J connectivity index is 1.68. The van der Waals surface area contributed by atoms with Crippen molar-refractivity contribution >= 4 is 16.7 Å². The second kappa shape index (κ2) is 7.89. The predicted octanol–water partition coefficient (Wildman–Crippen LogP) is 0.694. The van der Waals surface area contributed by atoms with Crippen molar-refractivity contribution in [1.29, 1.82) is 0 Å². The van der Waals surface area contributed by atoms with Gasteiger partial charge in [0, 0.05) is 25.2 Å². The number of rotatable bonds is 5. The van der Waals surface area contributed by atoms with Crippen molar-refractivity contribution in [2.45, 2.75) is 52.0 Å². The third-order valence-corrected chi connectivity index (χ3v) is 5.18. The number of nitrogens with one attached hydrogen (secondary N) is 2. The number of morpholine rings is 1. The molecule has 0 bridgehead atoms. The average Bonchev–Trinajstić information content (AvgIpc) is 2.63. The Labute approximate surface area is 163 Å². The van der Waals surface area contributed by atoms with Crippen LogP contribution in [0.25, 0.3) is 10.8 Å². The van der Waals surface area contributed by atoms with Gasteiger partial charge in [-0.25, -0.2) is 4.68 Å². The molecule has 2 atom stereocenters. The second-order valence-electron chi connectivity index (χ2n) is 8.13. The van der Waals surface area contributed by atoms with Crippen LogP contribution < -0.4 is 16.4 Å². The van der Waals surface area contributed by atoms with Gasteiger partial charge >= 0.3 is 0 Å². The fourth-order valence-corrected chi connectivity index (χ4v) is 3.66. The third kappa shape index (κ3) is 4.34. The first-order valence-electron chi connectivity index (χ1n) is 9.56. The van der Waals surface area contributed by atoms with Crippen LogP contribution in [0, 0.1) is 0 Å². The number of ether oxygens (including phenoxy) is 1. The van der Waals surface area contributed by atoms with Crippen molar-refractivity contribution < 1.29 is 9.53 Å². The minimum absolute atomic E-state index is 0.139. The Morgan fingerprint density at radius 2 is 1.79 bits per heavy atom. The SMILES string of the molecule is C[C@@H]1CN(C(C)(C)CNC(=O)Cn2[nH]c(=O)c3ccccc3c2=O)C[C@@H](C)O1. The fourth-order valence-electron chi connectivity index (χ4n) is 3.66. The summed E-state index contributed by atoms with van der Waals surface area (Å²) in [7, 11) is 0. The summed E-state index contributed by atoms with van der Waals surface area (Å²) in [5.41, 5.74) is -1.04. The number of amides is 1. The predicted molar refractivity (Wildman–Crippen MR) is 107 cm³/mol. The monoisotopic (exact) mass is 388 g/mol. The number of benzene rings is 1. The highest BCUT2D eigenvalue weighted by Gasteiger charge is 2.33. The standard InChI is InChI=1S/C20H28N4O4/c1-13-9-23(10-14(2)28-13)20(3,4)12-21-17(25)11-24-19(27)16-8-6-5-7-15(16)18(26)22-24/h5-8,13-14H,9-12H2,1-4H3,(H,21,25)(H,22,26)/t13-,14-/m1/s1. The van der Waals surface area contributed by atoms with Gasteiger partial charge in [-0.2, -0.15) is 0 Å². The number of fused-ring (bicyclic) bond motifs is 1. The number of carbonyl (C=O) groups is 1. The number of aromatic nitrogens is 2. The van der Waals surface area contributed by atoms with Gasteiger partial charge in [0.1, 0.15) is 6.54 Å². The summed E-state index contributed by atoms with van der Waals surface area (Å²) in [5.74, 6) is -0.324. The number of aromatic amines is 1. The van der Waals surface area contributed by atoms with Crippen molar-refractivity contribution in [3.63, 3.8) is 0 Å². The number of nitrogens with zero attached hydrogens (tertiary/aromatic N) is 2. The molecule has 8 heteroatoms. The molecule has 3 rings (SSSR count). The van der Waals surface area contributed by atoms with Gasteiger partial charge in [0.05, 0.1) is 23.0 Å². The molecule has 2 heterocycles. The van der Waals surface area contributed by atoms with Gasteiger partial charge in [0.25, 0.3) is 11.1 Å². The maximum Gasteiger partial charge on any atom is 0.273 e. The van der Waals surface area contributed by atoms with E-state index in [9.17, 15) is 14.4 Å². The van der Waals surface area contributed by atoms with Crippen molar-refractivity contribution in [1.82, 2.24) is 20.0 Å². The Kier molecular flexibility index (Phi) is 5.71. The Hall–Kier alpha value is -2.45. The van der Waals surface area contributed by atoms with E-state index >= 15 is 0 Å². The minimum atomic E-state index is -0.389. The summed E-state index contributed by atoms with van der Waals surface area (Å²) in [4.78, 5) is 39.4. The van der Waals surface area contributed by atoms with E-state index in [0.717, 1.165) is 17.8 Å². The summed E-state index contributed by atoms with van der Waals surface area (Å²) < 4.78 is 6.84. The molecule has 2 aromatic rings. The lowest BCUT2D eigenvalue weighted by atomic mass is 10.00. The molecule has 0 aliphatic carbocycles. The summed E-state index contributed by atoms with van der Waals surface area (Å²) in [6.07, 6.45) is 0.278. The topological polar surface area (TPSA) is 96.4 Å². The molecule has 1 aliphatic heterocycles. The van der Waals surface area contributed by atoms with Gasteiger partial charge in [0.2, 0.25) is 5.91 Å². The lowest BCUT2D eigenvalue weighted by Crippen LogP contribution is -2.59. The molecule has 152 valence electrons. The van der Waals surface area contributed by atoms with E-state index in [1.165, 1.54) is 0 Å². The molecule has 1 saturated heterocycles. The van der Waals surface area contributed by atoms with Crippen LogP contribution in [0.5, 0.6) is 0 Å². The van der Waals surface area contributed by atoms with Gasteiger partial charge < -0.3 is 10.1 Å². The van der Waals surface area contributed by atoms with E-state index in [1.807, 2.05) is 13.8 Å². The minimum Gasteiger partial charge on any atom is -0.373 e. The van der Waals surface area contributed by atoms with Crippen LogP contribution in [0.3, 0.4) is 0 Å². The van der Waals surface area contributed by atoms with Gasteiger partial charge in [-0.05, 0) is 39.8 Å². The molecule has 8 nitrogen and oxygen atoms in total. The van der Waals surface area contributed by atoms with E-state index < -0.39 is 0 Å². The fraction of sp³-hybridized carbons (Fsp3) is 0.550. The summed E-state index contributed by atoms with van der Waals surface area (Å²) in [6, 6.07) is 6.57.